The zero-order valence-electron chi connectivity index (χ0n) is 12.6. The van der Waals surface area contributed by atoms with E-state index in [2.05, 4.69) is 4.74 Å². The largest absolute Gasteiger partial charge is 0.455 e. The maximum Gasteiger partial charge on any atom is 0.455 e. The zero-order valence-corrected chi connectivity index (χ0v) is 12.6. The number of alkyl halides is 6. The Hall–Kier alpha value is -0.460. The van der Waals surface area contributed by atoms with E-state index in [0.717, 1.165) is 27.7 Å². The first kappa shape index (κ1) is 19.5. The SMILES string of the molecule is CCC(C)(C)OC(F)(C(F)(F)F)C(F)(F)C(C)(C)CC. The molecule has 1 unspecified atom stereocenters. The standard InChI is InChI=1S/C13H22F6O/c1-7-9(3,4)11(14,15)12(16,13(17,18)19)20-10(5,6)8-2/h7-8H2,1-6H3. The third-order valence-electron chi connectivity index (χ3n) is 3.77. The molecule has 0 N–H and O–H groups in total. The highest BCUT2D eigenvalue weighted by atomic mass is 19.4. The Kier molecular flexibility index (Phi) is 5.26. The van der Waals surface area contributed by atoms with Gasteiger partial charge in [0.25, 0.3) is 0 Å². The van der Waals surface area contributed by atoms with E-state index in [4.69, 9.17) is 0 Å². The van der Waals surface area contributed by atoms with Gasteiger partial charge >= 0.3 is 18.0 Å². The number of ether oxygens (including phenoxy) is 1. The molecule has 0 spiro atoms. The second-order valence-electron chi connectivity index (χ2n) is 6.12. The Balaban J connectivity index is 5.94. The highest BCUT2D eigenvalue weighted by Crippen LogP contribution is 2.56. The lowest BCUT2D eigenvalue weighted by molar-refractivity contribution is -0.437. The van der Waals surface area contributed by atoms with E-state index in [-0.39, 0.29) is 12.8 Å². The predicted octanol–water partition coefficient (Wildman–Crippen LogP) is 5.49. The molecule has 0 saturated heterocycles. The Bertz CT molecular complexity index is 334. The maximum absolute atomic E-state index is 14.3. The molecule has 20 heavy (non-hydrogen) atoms. The van der Waals surface area contributed by atoms with Gasteiger partial charge in [-0.2, -0.15) is 26.3 Å². The number of rotatable bonds is 6. The molecule has 0 bridgehead atoms. The van der Waals surface area contributed by atoms with Gasteiger partial charge in [0.1, 0.15) is 0 Å². The lowest BCUT2D eigenvalue weighted by atomic mass is 9.78. The van der Waals surface area contributed by atoms with Gasteiger partial charge in [0.15, 0.2) is 0 Å². The molecule has 7 heteroatoms. The molecular formula is C13H22F6O. The first-order valence-corrected chi connectivity index (χ1v) is 6.41. The molecular weight excluding hydrogens is 286 g/mol. The Labute approximate surface area is 115 Å². The lowest BCUT2D eigenvalue weighted by Gasteiger charge is -2.45. The van der Waals surface area contributed by atoms with Crippen molar-refractivity contribution < 1.29 is 31.1 Å². The summed E-state index contributed by atoms with van der Waals surface area (Å²) in [7, 11) is 0. The molecule has 0 aliphatic rings. The molecule has 0 amide bonds. The van der Waals surface area contributed by atoms with E-state index >= 15 is 0 Å². The fourth-order valence-corrected chi connectivity index (χ4v) is 1.41. The van der Waals surface area contributed by atoms with Crippen molar-refractivity contribution >= 4 is 0 Å². The van der Waals surface area contributed by atoms with Gasteiger partial charge in [-0.3, -0.25) is 0 Å². The molecule has 0 aromatic carbocycles. The Morgan fingerprint density at radius 1 is 0.750 bits per heavy atom. The summed E-state index contributed by atoms with van der Waals surface area (Å²) >= 11 is 0. The van der Waals surface area contributed by atoms with Gasteiger partial charge in [-0.1, -0.05) is 27.7 Å². The van der Waals surface area contributed by atoms with Crippen LogP contribution in [0, 0.1) is 5.41 Å². The van der Waals surface area contributed by atoms with Crippen LogP contribution in [0.3, 0.4) is 0 Å². The number of halogens is 6. The first-order chi connectivity index (χ1) is 8.58. The zero-order chi connectivity index (χ0) is 16.6. The van der Waals surface area contributed by atoms with E-state index in [1.54, 1.807) is 0 Å². The van der Waals surface area contributed by atoms with Crippen LogP contribution in [-0.2, 0) is 4.74 Å². The molecule has 0 heterocycles. The maximum atomic E-state index is 14.3. The molecule has 0 fully saturated rings. The topological polar surface area (TPSA) is 9.23 Å². The summed E-state index contributed by atoms with van der Waals surface area (Å²) in [5, 5.41) is 0. The van der Waals surface area contributed by atoms with Crippen LogP contribution in [-0.4, -0.2) is 23.6 Å². The summed E-state index contributed by atoms with van der Waals surface area (Å²) in [5.74, 6) is -9.75. The highest BCUT2D eigenvalue weighted by molar-refractivity contribution is 5.01. The van der Waals surface area contributed by atoms with Crippen molar-refractivity contribution in [3.63, 3.8) is 0 Å². The van der Waals surface area contributed by atoms with Crippen LogP contribution in [0.25, 0.3) is 0 Å². The summed E-state index contributed by atoms with van der Waals surface area (Å²) in [6, 6.07) is 0. The normalized spacial score (nSPS) is 18.0. The highest BCUT2D eigenvalue weighted by Gasteiger charge is 2.77. The van der Waals surface area contributed by atoms with Crippen molar-refractivity contribution in [2.45, 2.75) is 77.9 Å². The lowest BCUT2D eigenvalue weighted by Crippen LogP contribution is -2.65. The van der Waals surface area contributed by atoms with Crippen LogP contribution in [0.15, 0.2) is 0 Å². The van der Waals surface area contributed by atoms with Gasteiger partial charge < -0.3 is 4.74 Å². The minimum absolute atomic E-state index is 0.0443. The summed E-state index contributed by atoms with van der Waals surface area (Å²) in [4.78, 5) is 0. The van der Waals surface area contributed by atoms with Crippen molar-refractivity contribution in [2.24, 2.45) is 5.41 Å². The molecule has 0 saturated carbocycles. The van der Waals surface area contributed by atoms with Crippen molar-refractivity contribution in [3.8, 4) is 0 Å². The van der Waals surface area contributed by atoms with Crippen LogP contribution in [0.4, 0.5) is 26.3 Å². The summed E-state index contributed by atoms with van der Waals surface area (Å²) in [5.41, 5.74) is -3.88. The monoisotopic (exact) mass is 308 g/mol. The van der Waals surface area contributed by atoms with Crippen molar-refractivity contribution in [1.82, 2.24) is 0 Å². The van der Waals surface area contributed by atoms with Crippen molar-refractivity contribution in [1.29, 1.82) is 0 Å². The van der Waals surface area contributed by atoms with Gasteiger partial charge in [0.05, 0.1) is 5.60 Å². The molecule has 0 aliphatic carbocycles. The third-order valence-corrected chi connectivity index (χ3v) is 3.77. The van der Waals surface area contributed by atoms with Crippen LogP contribution in [0.2, 0.25) is 0 Å². The Morgan fingerprint density at radius 3 is 1.40 bits per heavy atom. The molecule has 0 aromatic rings. The fourth-order valence-electron chi connectivity index (χ4n) is 1.41. The molecule has 1 atom stereocenters. The quantitative estimate of drug-likeness (QED) is 0.589. The molecule has 0 radical (unpaired) electrons. The van der Waals surface area contributed by atoms with E-state index in [1.165, 1.54) is 13.8 Å². The predicted molar refractivity (Wildman–Crippen MR) is 64.4 cm³/mol. The summed E-state index contributed by atoms with van der Waals surface area (Å²) in [6.45, 7) is 6.75. The average Bonchev–Trinajstić information content (AvgIpc) is 2.26. The van der Waals surface area contributed by atoms with Crippen LogP contribution in [0.5, 0.6) is 0 Å². The minimum Gasteiger partial charge on any atom is -0.328 e. The number of hydrogen-bond acceptors (Lipinski definition) is 1. The second kappa shape index (κ2) is 5.39. The number of hydrogen-bond donors (Lipinski definition) is 0. The van der Waals surface area contributed by atoms with Gasteiger partial charge in [-0.05, 0) is 26.7 Å². The van der Waals surface area contributed by atoms with Crippen LogP contribution >= 0.6 is 0 Å². The van der Waals surface area contributed by atoms with E-state index in [1.807, 2.05) is 0 Å². The fraction of sp³-hybridized carbons (Fsp3) is 1.00. The van der Waals surface area contributed by atoms with Crippen LogP contribution in [0.1, 0.15) is 54.4 Å². The van der Waals surface area contributed by atoms with Gasteiger partial charge in [-0.25, -0.2) is 0 Å². The molecule has 122 valence electrons. The van der Waals surface area contributed by atoms with Crippen LogP contribution < -0.4 is 0 Å². The minimum atomic E-state index is -5.84. The van der Waals surface area contributed by atoms with E-state index < -0.39 is 29.0 Å². The molecule has 0 aliphatic heterocycles. The average molecular weight is 308 g/mol. The van der Waals surface area contributed by atoms with Crippen molar-refractivity contribution in [2.75, 3.05) is 0 Å². The van der Waals surface area contributed by atoms with Gasteiger partial charge in [-0.15, -0.1) is 0 Å². The Morgan fingerprint density at radius 2 is 1.15 bits per heavy atom. The summed E-state index contributed by atoms with van der Waals surface area (Å²) < 4.78 is 85.8. The molecule has 1 nitrogen and oxygen atoms in total. The third kappa shape index (κ3) is 3.23. The van der Waals surface area contributed by atoms with E-state index in [0.29, 0.717) is 0 Å². The summed E-state index contributed by atoms with van der Waals surface area (Å²) in [6.07, 6.45) is -6.22. The second-order valence-corrected chi connectivity index (χ2v) is 6.12. The smallest absolute Gasteiger partial charge is 0.328 e. The van der Waals surface area contributed by atoms with Crippen molar-refractivity contribution in [3.05, 3.63) is 0 Å². The van der Waals surface area contributed by atoms with Gasteiger partial charge in [0, 0.05) is 5.41 Å². The first-order valence-electron chi connectivity index (χ1n) is 6.41. The molecule has 0 aromatic heterocycles. The van der Waals surface area contributed by atoms with Gasteiger partial charge in [0.2, 0.25) is 0 Å². The molecule has 0 rings (SSSR count). The van der Waals surface area contributed by atoms with E-state index in [9.17, 15) is 26.3 Å².